The maximum Gasteiger partial charge on any atom is 0.410 e. The normalized spacial score (nSPS) is 19.7. The van der Waals surface area contributed by atoms with Crippen molar-refractivity contribution in [3.8, 4) is 0 Å². The lowest BCUT2D eigenvalue weighted by Crippen LogP contribution is -2.50. The lowest BCUT2D eigenvalue weighted by atomic mass is 9.95. The van der Waals surface area contributed by atoms with E-state index < -0.39 is 17.7 Å². The maximum atomic E-state index is 12.3. The van der Waals surface area contributed by atoms with Gasteiger partial charge >= 0.3 is 6.09 Å². The van der Waals surface area contributed by atoms with Gasteiger partial charge in [-0.1, -0.05) is 37.0 Å². The molecule has 21 heavy (non-hydrogen) atoms. The van der Waals surface area contributed by atoms with Crippen LogP contribution in [0.4, 0.5) is 4.79 Å². The molecule has 1 fully saturated rings. The van der Waals surface area contributed by atoms with E-state index >= 15 is 0 Å². The molecule has 0 N–H and O–H groups in total. The van der Waals surface area contributed by atoms with Crippen LogP contribution in [0.25, 0.3) is 0 Å². The number of carbonyl (C=O) groups excluding carboxylic acids is 2. The van der Waals surface area contributed by atoms with Crippen molar-refractivity contribution >= 4 is 11.9 Å². The molecule has 1 aliphatic rings. The third kappa shape index (κ3) is 5.58. The number of hydrogen-bond donors (Lipinski definition) is 0. The molecular formula is C17H25NO3. The van der Waals surface area contributed by atoms with E-state index in [9.17, 15) is 9.59 Å². The Morgan fingerprint density at radius 3 is 2.71 bits per heavy atom. The first kappa shape index (κ1) is 17.2. The van der Waals surface area contributed by atoms with Crippen molar-refractivity contribution in [1.29, 1.82) is 0 Å². The van der Waals surface area contributed by atoms with Gasteiger partial charge in [0, 0.05) is 13.0 Å². The second kappa shape index (κ2) is 7.25. The summed E-state index contributed by atoms with van der Waals surface area (Å²) < 4.78 is 5.39. The maximum absolute atomic E-state index is 12.3. The summed E-state index contributed by atoms with van der Waals surface area (Å²) in [6.07, 6.45) is 6.42. The Hall–Kier alpha value is -1.84. The van der Waals surface area contributed by atoms with Gasteiger partial charge < -0.3 is 4.74 Å². The van der Waals surface area contributed by atoms with E-state index in [4.69, 9.17) is 4.74 Å². The fourth-order valence-corrected chi connectivity index (χ4v) is 2.20. The Bertz CT molecular complexity index is 457. The molecule has 116 valence electrons. The molecule has 1 amide bonds. The lowest BCUT2D eigenvalue weighted by molar-refractivity contribution is -0.126. The first-order valence-corrected chi connectivity index (χ1v) is 7.24. The van der Waals surface area contributed by atoms with E-state index in [1.165, 1.54) is 4.90 Å². The van der Waals surface area contributed by atoms with Crippen molar-refractivity contribution in [1.82, 2.24) is 4.90 Å². The van der Waals surface area contributed by atoms with Crippen LogP contribution in [0.15, 0.2) is 37.0 Å². The number of nitrogens with zero attached hydrogens (tertiary/aromatic N) is 1. The van der Waals surface area contributed by atoms with Crippen molar-refractivity contribution in [2.24, 2.45) is 0 Å². The molecule has 1 rings (SSSR count). The fourth-order valence-electron chi connectivity index (χ4n) is 2.20. The highest BCUT2D eigenvalue weighted by Crippen LogP contribution is 2.22. The van der Waals surface area contributed by atoms with Crippen molar-refractivity contribution < 1.29 is 14.3 Å². The Balaban J connectivity index is 2.81. The standard InChI is InChI=1S/C17H25NO3/c1-6-7-9-13(2)12-14-15(19)10-8-11-18(14)16(20)21-17(3,4)5/h6-7,9,14H,1-2,8,10-12H2,3-5H3/b9-7-. The van der Waals surface area contributed by atoms with E-state index in [1.807, 2.05) is 26.8 Å². The van der Waals surface area contributed by atoms with Crippen LogP contribution >= 0.6 is 0 Å². The average molecular weight is 291 g/mol. The van der Waals surface area contributed by atoms with Gasteiger partial charge in [-0.3, -0.25) is 9.69 Å². The van der Waals surface area contributed by atoms with Crippen molar-refractivity contribution in [3.63, 3.8) is 0 Å². The first-order chi connectivity index (χ1) is 9.74. The third-order valence-corrected chi connectivity index (χ3v) is 3.12. The zero-order valence-corrected chi connectivity index (χ0v) is 13.2. The Kier molecular flexibility index (Phi) is 5.94. The first-order valence-electron chi connectivity index (χ1n) is 7.24. The molecular weight excluding hydrogens is 266 g/mol. The van der Waals surface area contributed by atoms with Crippen LogP contribution in [0.3, 0.4) is 0 Å². The molecule has 1 heterocycles. The smallest absolute Gasteiger partial charge is 0.410 e. The van der Waals surface area contributed by atoms with Gasteiger partial charge in [-0.15, -0.1) is 0 Å². The van der Waals surface area contributed by atoms with Crippen molar-refractivity contribution in [2.75, 3.05) is 6.54 Å². The molecule has 0 aliphatic carbocycles. The Labute approximate surface area is 127 Å². The summed E-state index contributed by atoms with van der Waals surface area (Å²) in [4.78, 5) is 25.9. The minimum Gasteiger partial charge on any atom is -0.444 e. The summed E-state index contributed by atoms with van der Waals surface area (Å²) in [6, 6.07) is -0.476. The molecule has 4 nitrogen and oxygen atoms in total. The molecule has 1 unspecified atom stereocenters. The van der Waals surface area contributed by atoms with Crippen molar-refractivity contribution in [2.45, 2.75) is 51.7 Å². The van der Waals surface area contributed by atoms with Gasteiger partial charge in [0.25, 0.3) is 0 Å². The highest BCUT2D eigenvalue weighted by molar-refractivity contribution is 5.88. The third-order valence-electron chi connectivity index (χ3n) is 3.12. The van der Waals surface area contributed by atoms with Crippen LogP contribution in [0.1, 0.15) is 40.0 Å². The summed E-state index contributed by atoms with van der Waals surface area (Å²) in [5.41, 5.74) is 0.228. The topological polar surface area (TPSA) is 46.6 Å². The van der Waals surface area contributed by atoms with Crippen LogP contribution in [0, 0.1) is 0 Å². The highest BCUT2D eigenvalue weighted by atomic mass is 16.6. The van der Waals surface area contributed by atoms with Gasteiger partial charge in [0.05, 0.1) is 6.04 Å². The largest absolute Gasteiger partial charge is 0.444 e. The van der Waals surface area contributed by atoms with Crippen LogP contribution < -0.4 is 0 Å². The zero-order chi connectivity index (χ0) is 16.0. The fraction of sp³-hybridized carbons (Fsp3) is 0.529. The molecule has 0 aromatic carbocycles. The van der Waals surface area contributed by atoms with Crippen molar-refractivity contribution in [3.05, 3.63) is 37.0 Å². The summed E-state index contributed by atoms with van der Waals surface area (Å²) in [7, 11) is 0. The van der Waals surface area contributed by atoms with Crippen LogP contribution in [-0.2, 0) is 9.53 Å². The molecule has 1 atom stereocenters. The van der Waals surface area contributed by atoms with Crippen LogP contribution in [-0.4, -0.2) is 35.0 Å². The van der Waals surface area contributed by atoms with Gasteiger partial charge in [-0.25, -0.2) is 4.79 Å². The van der Waals surface area contributed by atoms with Gasteiger partial charge in [0.2, 0.25) is 0 Å². The minimum absolute atomic E-state index is 0.0697. The number of allylic oxidation sites excluding steroid dienone is 3. The molecule has 0 aromatic heterocycles. The number of hydrogen-bond acceptors (Lipinski definition) is 3. The Morgan fingerprint density at radius 2 is 2.14 bits per heavy atom. The molecule has 0 bridgehead atoms. The van der Waals surface area contributed by atoms with Gasteiger partial charge in [-0.05, 0) is 33.6 Å². The van der Waals surface area contributed by atoms with E-state index in [1.54, 1.807) is 12.2 Å². The number of ketones is 1. The molecule has 1 aliphatic heterocycles. The molecule has 4 heteroatoms. The van der Waals surface area contributed by atoms with Gasteiger partial charge in [0.15, 0.2) is 5.78 Å². The van der Waals surface area contributed by atoms with E-state index in [0.29, 0.717) is 25.8 Å². The zero-order valence-electron chi connectivity index (χ0n) is 13.2. The minimum atomic E-state index is -0.568. The second-order valence-electron chi connectivity index (χ2n) is 6.22. The predicted molar refractivity (Wildman–Crippen MR) is 84.1 cm³/mol. The van der Waals surface area contributed by atoms with Gasteiger partial charge in [-0.2, -0.15) is 0 Å². The number of rotatable bonds is 4. The summed E-state index contributed by atoms with van der Waals surface area (Å²) in [6.45, 7) is 13.5. The number of likely N-dealkylation sites (tertiary alicyclic amines) is 1. The number of Topliss-reactive ketones (excluding diaryl/α,β-unsaturated/α-hetero) is 1. The predicted octanol–water partition coefficient (Wildman–Crippen LogP) is 3.64. The van der Waals surface area contributed by atoms with E-state index in [2.05, 4.69) is 13.2 Å². The number of piperidine rings is 1. The second-order valence-corrected chi connectivity index (χ2v) is 6.22. The van der Waals surface area contributed by atoms with Crippen LogP contribution in [0.5, 0.6) is 0 Å². The summed E-state index contributed by atoms with van der Waals surface area (Å²) >= 11 is 0. The quantitative estimate of drug-likeness (QED) is 0.743. The van der Waals surface area contributed by atoms with E-state index in [-0.39, 0.29) is 5.78 Å². The molecule has 0 radical (unpaired) electrons. The number of ether oxygens (including phenoxy) is 1. The summed E-state index contributed by atoms with van der Waals surface area (Å²) in [5.74, 6) is 0.0697. The van der Waals surface area contributed by atoms with Crippen LogP contribution in [0.2, 0.25) is 0 Å². The van der Waals surface area contributed by atoms with Gasteiger partial charge in [0.1, 0.15) is 5.60 Å². The monoisotopic (exact) mass is 291 g/mol. The molecule has 0 aromatic rings. The molecule has 1 saturated heterocycles. The average Bonchev–Trinajstić information content (AvgIpc) is 2.36. The number of carbonyl (C=O) groups is 2. The molecule has 0 spiro atoms. The molecule has 0 saturated carbocycles. The van der Waals surface area contributed by atoms with E-state index in [0.717, 1.165) is 5.57 Å². The summed E-state index contributed by atoms with van der Waals surface area (Å²) in [5, 5.41) is 0. The SMILES string of the molecule is C=C/C=C\C(=C)CC1C(=O)CCCN1C(=O)OC(C)(C)C. The lowest BCUT2D eigenvalue weighted by Gasteiger charge is -2.35. The highest BCUT2D eigenvalue weighted by Gasteiger charge is 2.35. The number of amides is 1. The Morgan fingerprint density at radius 1 is 1.48 bits per heavy atom.